The predicted molar refractivity (Wildman–Crippen MR) is 88.3 cm³/mol. The number of benzene rings is 2. The lowest BCUT2D eigenvalue weighted by molar-refractivity contribution is 0.611. The minimum atomic E-state index is -0.269. The van der Waals surface area contributed by atoms with Crippen LogP contribution in [0.15, 0.2) is 46.9 Å². The molecule has 4 heteroatoms. The van der Waals surface area contributed by atoms with Gasteiger partial charge in [-0.15, -0.1) is 0 Å². The summed E-state index contributed by atoms with van der Waals surface area (Å²) in [6.45, 7) is 4.39. The molecular weight excluding hydrogens is 331 g/mol. The first-order valence-electron chi connectivity index (χ1n) is 7.01. The highest BCUT2D eigenvalue weighted by molar-refractivity contribution is 9.10. The SMILES string of the molecule is CC(C)Cc1cccc(C(NN)c2ccc(F)cc2Br)c1. The van der Waals surface area contributed by atoms with E-state index in [1.54, 1.807) is 6.07 Å². The molecule has 0 heterocycles. The van der Waals surface area contributed by atoms with Gasteiger partial charge in [-0.2, -0.15) is 0 Å². The fraction of sp³-hybridized carbons (Fsp3) is 0.294. The Morgan fingerprint density at radius 3 is 2.57 bits per heavy atom. The van der Waals surface area contributed by atoms with Crippen LogP contribution < -0.4 is 11.3 Å². The highest BCUT2D eigenvalue weighted by Crippen LogP contribution is 2.29. The molecule has 0 spiro atoms. The third-order valence-electron chi connectivity index (χ3n) is 3.37. The Kier molecular flexibility index (Phi) is 5.51. The van der Waals surface area contributed by atoms with Crippen LogP contribution in [0.2, 0.25) is 0 Å². The van der Waals surface area contributed by atoms with Crippen molar-refractivity contribution in [1.82, 2.24) is 5.43 Å². The van der Waals surface area contributed by atoms with E-state index in [1.807, 2.05) is 12.1 Å². The van der Waals surface area contributed by atoms with Gasteiger partial charge < -0.3 is 0 Å². The van der Waals surface area contributed by atoms with Crippen LogP contribution in [0.1, 0.15) is 36.6 Å². The fourth-order valence-electron chi connectivity index (χ4n) is 2.47. The van der Waals surface area contributed by atoms with Crippen LogP contribution in [-0.2, 0) is 6.42 Å². The average molecular weight is 351 g/mol. The van der Waals surface area contributed by atoms with Crippen molar-refractivity contribution in [2.75, 3.05) is 0 Å². The summed E-state index contributed by atoms with van der Waals surface area (Å²) >= 11 is 3.41. The highest BCUT2D eigenvalue weighted by Gasteiger charge is 2.16. The molecule has 2 rings (SSSR count). The van der Waals surface area contributed by atoms with Gasteiger partial charge in [-0.1, -0.05) is 60.1 Å². The van der Waals surface area contributed by atoms with Crippen molar-refractivity contribution < 1.29 is 4.39 Å². The van der Waals surface area contributed by atoms with Crippen molar-refractivity contribution in [2.45, 2.75) is 26.3 Å². The van der Waals surface area contributed by atoms with E-state index in [4.69, 9.17) is 5.84 Å². The van der Waals surface area contributed by atoms with Crippen molar-refractivity contribution in [3.8, 4) is 0 Å². The summed E-state index contributed by atoms with van der Waals surface area (Å²) in [6.07, 6.45) is 1.02. The molecule has 0 aromatic heterocycles. The van der Waals surface area contributed by atoms with Gasteiger partial charge in [-0.05, 0) is 41.2 Å². The Bertz CT molecular complexity index is 613. The van der Waals surface area contributed by atoms with E-state index in [0.29, 0.717) is 10.4 Å². The first-order chi connectivity index (χ1) is 10.0. The minimum absolute atomic E-state index is 0.174. The van der Waals surface area contributed by atoms with E-state index < -0.39 is 0 Å². The van der Waals surface area contributed by atoms with Crippen molar-refractivity contribution in [2.24, 2.45) is 11.8 Å². The average Bonchev–Trinajstić information content (AvgIpc) is 2.41. The molecule has 0 amide bonds. The zero-order valence-corrected chi connectivity index (χ0v) is 13.8. The molecule has 0 bridgehead atoms. The molecule has 0 aliphatic carbocycles. The molecule has 2 aromatic carbocycles. The van der Waals surface area contributed by atoms with Crippen LogP contribution in [0, 0.1) is 11.7 Å². The second-order valence-electron chi connectivity index (χ2n) is 5.61. The molecule has 0 aliphatic heterocycles. The molecule has 2 aromatic rings. The van der Waals surface area contributed by atoms with Crippen LogP contribution in [0.4, 0.5) is 4.39 Å². The largest absolute Gasteiger partial charge is 0.271 e. The first kappa shape index (κ1) is 16.1. The third kappa shape index (κ3) is 4.13. The second kappa shape index (κ2) is 7.16. The smallest absolute Gasteiger partial charge is 0.124 e. The normalized spacial score (nSPS) is 12.7. The lowest BCUT2D eigenvalue weighted by atomic mass is 9.95. The summed E-state index contributed by atoms with van der Waals surface area (Å²) in [7, 11) is 0. The number of halogens is 2. The number of nitrogens with two attached hydrogens (primary N) is 1. The van der Waals surface area contributed by atoms with Gasteiger partial charge in [0.05, 0.1) is 6.04 Å². The molecule has 21 heavy (non-hydrogen) atoms. The van der Waals surface area contributed by atoms with Crippen molar-refractivity contribution >= 4 is 15.9 Å². The molecule has 3 N–H and O–H groups in total. The van der Waals surface area contributed by atoms with E-state index in [2.05, 4.69) is 47.3 Å². The van der Waals surface area contributed by atoms with Crippen LogP contribution in [-0.4, -0.2) is 0 Å². The summed E-state index contributed by atoms with van der Waals surface area (Å²) in [5.41, 5.74) is 6.09. The maximum Gasteiger partial charge on any atom is 0.124 e. The topological polar surface area (TPSA) is 38.0 Å². The van der Waals surface area contributed by atoms with Gasteiger partial charge >= 0.3 is 0 Å². The third-order valence-corrected chi connectivity index (χ3v) is 4.06. The molecule has 0 saturated heterocycles. The zero-order chi connectivity index (χ0) is 15.4. The Labute approximate surface area is 133 Å². The molecule has 0 fully saturated rings. The maximum atomic E-state index is 13.2. The van der Waals surface area contributed by atoms with Crippen molar-refractivity contribution in [3.63, 3.8) is 0 Å². The summed E-state index contributed by atoms with van der Waals surface area (Å²) in [5.74, 6) is 6.06. The van der Waals surface area contributed by atoms with Crippen LogP contribution in [0.5, 0.6) is 0 Å². The van der Waals surface area contributed by atoms with Gasteiger partial charge in [-0.3, -0.25) is 5.84 Å². The molecule has 1 atom stereocenters. The Morgan fingerprint density at radius 2 is 1.95 bits per heavy atom. The van der Waals surface area contributed by atoms with Crippen LogP contribution in [0.25, 0.3) is 0 Å². The van der Waals surface area contributed by atoms with Gasteiger partial charge in [0, 0.05) is 4.47 Å². The number of nitrogens with one attached hydrogen (secondary N) is 1. The zero-order valence-electron chi connectivity index (χ0n) is 12.2. The molecular formula is C17H20BrFN2. The predicted octanol–water partition coefficient (Wildman–Crippen LogP) is 4.34. The summed E-state index contributed by atoms with van der Waals surface area (Å²) in [5, 5.41) is 0. The second-order valence-corrected chi connectivity index (χ2v) is 6.46. The van der Waals surface area contributed by atoms with E-state index in [1.165, 1.54) is 17.7 Å². The van der Waals surface area contributed by atoms with Crippen LogP contribution >= 0.6 is 15.9 Å². The van der Waals surface area contributed by atoms with Gasteiger partial charge in [0.1, 0.15) is 5.82 Å². The number of hydrogen-bond acceptors (Lipinski definition) is 2. The molecule has 0 radical (unpaired) electrons. The lowest BCUT2D eigenvalue weighted by Crippen LogP contribution is -2.29. The lowest BCUT2D eigenvalue weighted by Gasteiger charge is -2.19. The molecule has 0 aliphatic rings. The van der Waals surface area contributed by atoms with Gasteiger partial charge in [0.2, 0.25) is 0 Å². The Hall–Kier alpha value is -1.23. The van der Waals surface area contributed by atoms with E-state index in [0.717, 1.165) is 17.5 Å². The summed E-state index contributed by atoms with van der Waals surface area (Å²) in [6, 6.07) is 12.8. The number of rotatable bonds is 5. The highest BCUT2D eigenvalue weighted by atomic mass is 79.9. The number of hydrogen-bond donors (Lipinski definition) is 2. The summed E-state index contributed by atoms with van der Waals surface area (Å²) < 4.78 is 14.0. The monoisotopic (exact) mass is 350 g/mol. The molecule has 2 nitrogen and oxygen atoms in total. The quantitative estimate of drug-likeness (QED) is 0.621. The van der Waals surface area contributed by atoms with Crippen LogP contribution in [0.3, 0.4) is 0 Å². The molecule has 0 saturated carbocycles. The van der Waals surface area contributed by atoms with Crippen molar-refractivity contribution in [3.05, 3.63) is 69.4 Å². The van der Waals surface area contributed by atoms with E-state index in [-0.39, 0.29) is 11.9 Å². The van der Waals surface area contributed by atoms with Gasteiger partial charge in [-0.25, -0.2) is 9.82 Å². The van der Waals surface area contributed by atoms with E-state index in [9.17, 15) is 4.39 Å². The van der Waals surface area contributed by atoms with Gasteiger partial charge in [0.25, 0.3) is 0 Å². The maximum absolute atomic E-state index is 13.2. The summed E-state index contributed by atoms with van der Waals surface area (Å²) in [4.78, 5) is 0. The first-order valence-corrected chi connectivity index (χ1v) is 7.80. The fourth-order valence-corrected chi connectivity index (χ4v) is 3.05. The van der Waals surface area contributed by atoms with E-state index >= 15 is 0 Å². The standard InChI is InChI=1S/C17H20BrFN2/c1-11(2)8-12-4-3-5-13(9-12)17(21-20)15-7-6-14(19)10-16(15)18/h3-7,9-11,17,21H,8,20H2,1-2H3. The Balaban J connectivity index is 2.37. The Morgan fingerprint density at radius 1 is 1.19 bits per heavy atom. The molecule has 1 unspecified atom stereocenters. The van der Waals surface area contributed by atoms with Crippen molar-refractivity contribution in [1.29, 1.82) is 0 Å². The minimum Gasteiger partial charge on any atom is -0.271 e. The number of hydrazine groups is 1. The molecule has 112 valence electrons. The van der Waals surface area contributed by atoms with Gasteiger partial charge in [0.15, 0.2) is 0 Å².